The molecular weight excluding hydrogens is 370 g/mol. The number of carbonyl (C=O) groups excluding carboxylic acids is 3. The summed E-state index contributed by atoms with van der Waals surface area (Å²) in [4.78, 5) is 36.2. The van der Waals surface area contributed by atoms with Gasteiger partial charge in [0.25, 0.3) is 5.91 Å². The number of nitrogens with one attached hydrogen (secondary N) is 2. The Morgan fingerprint density at radius 2 is 1.69 bits per heavy atom. The maximum atomic E-state index is 12.2. The summed E-state index contributed by atoms with van der Waals surface area (Å²) in [5, 5.41) is 9.30. The molecule has 0 aliphatic carbocycles. The van der Waals surface area contributed by atoms with Crippen LogP contribution in [-0.2, 0) is 20.7 Å². The van der Waals surface area contributed by atoms with Crippen LogP contribution in [0, 0.1) is 0 Å². The highest BCUT2D eigenvalue weighted by atomic mass is 16.5. The maximum absolute atomic E-state index is 12.2. The first-order valence-electron chi connectivity index (χ1n) is 9.14. The van der Waals surface area contributed by atoms with Crippen LogP contribution in [0.5, 0.6) is 0 Å². The smallest absolute Gasteiger partial charge is 0.356 e. The van der Waals surface area contributed by atoms with Crippen LogP contribution in [0.25, 0.3) is 11.3 Å². The molecule has 0 radical (unpaired) electrons. The van der Waals surface area contributed by atoms with Gasteiger partial charge in [-0.1, -0.05) is 60.7 Å². The Bertz CT molecular complexity index is 984. The SMILES string of the molecule is CC(=O)[C@@H](Cc1ccccc1)NC(=O)COC(=O)c1cc(-c2ccccc2)n[nH]1. The fraction of sp³-hybridized carbons (Fsp3) is 0.182. The number of ether oxygens (including phenoxy) is 1. The van der Waals surface area contributed by atoms with E-state index in [1.165, 1.54) is 6.92 Å². The summed E-state index contributed by atoms with van der Waals surface area (Å²) in [6.07, 6.45) is 0.372. The van der Waals surface area contributed by atoms with Crippen LogP contribution in [0.3, 0.4) is 0 Å². The van der Waals surface area contributed by atoms with Crippen LogP contribution in [0.1, 0.15) is 23.0 Å². The van der Waals surface area contributed by atoms with Crippen LogP contribution in [0.15, 0.2) is 66.7 Å². The lowest BCUT2D eigenvalue weighted by molar-refractivity contribution is -0.128. The molecule has 1 aromatic heterocycles. The van der Waals surface area contributed by atoms with Crippen LogP contribution in [-0.4, -0.2) is 40.5 Å². The molecule has 7 heteroatoms. The highest BCUT2D eigenvalue weighted by molar-refractivity contribution is 5.92. The zero-order valence-electron chi connectivity index (χ0n) is 15.9. The molecule has 0 spiro atoms. The van der Waals surface area contributed by atoms with Gasteiger partial charge in [-0.25, -0.2) is 4.79 Å². The molecule has 1 heterocycles. The molecule has 2 N–H and O–H groups in total. The number of aromatic amines is 1. The van der Waals surface area contributed by atoms with Gasteiger partial charge in [0, 0.05) is 5.56 Å². The van der Waals surface area contributed by atoms with Crippen molar-refractivity contribution < 1.29 is 19.1 Å². The van der Waals surface area contributed by atoms with Crippen molar-refractivity contribution in [3.8, 4) is 11.3 Å². The van der Waals surface area contributed by atoms with Crippen LogP contribution in [0.4, 0.5) is 0 Å². The van der Waals surface area contributed by atoms with Crippen molar-refractivity contribution in [2.45, 2.75) is 19.4 Å². The van der Waals surface area contributed by atoms with Crippen molar-refractivity contribution in [1.29, 1.82) is 0 Å². The predicted octanol–water partition coefficient (Wildman–Crippen LogP) is 2.55. The minimum Gasteiger partial charge on any atom is -0.451 e. The zero-order chi connectivity index (χ0) is 20.6. The van der Waals surface area contributed by atoms with E-state index in [-0.39, 0.29) is 11.5 Å². The molecule has 0 aliphatic heterocycles. The Morgan fingerprint density at radius 1 is 1.03 bits per heavy atom. The van der Waals surface area contributed by atoms with E-state index in [0.29, 0.717) is 12.1 Å². The lowest BCUT2D eigenvalue weighted by Crippen LogP contribution is -2.43. The molecule has 1 amide bonds. The summed E-state index contributed by atoms with van der Waals surface area (Å²) in [6, 6.07) is 19.6. The third kappa shape index (κ3) is 5.62. The number of amides is 1. The number of H-pyrrole nitrogens is 1. The minimum atomic E-state index is -0.697. The summed E-state index contributed by atoms with van der Waals surface area (Å²) in [5.74, 6) is -1.41. The normalized spacial score (nSPS) is 11.5. The Morgan fingerprint density at radius 3 is 2.34 bits per heavy atom. The van der Waals surface area contributed by atoms with Gasteiger partial charge in [0.2, 0.25) is 0 Å². The first kappa shape index (κ1) is 20.0. The molecule has 0 aliphatic rings. The van der Waals surface area contributed by atoms with Crippen molar-refractivity contribution in [3.05, 3.63) is 78.0 Å². The van der Waals surface area contributed by atoms with Crippen molar-refractivity contribution in [1.82, 2.24) is 15.5 Å². The zero-order valence-corrected chi connectivity index (χ0v) is 15.9. The number of hydrogen-bond donors (Lipinski definition) is 2. The highest BCUT2D eigenvalue weighted by Crippen LogP contribution is 2.17. The van der Waals surface area contributed by atoms with Crippen LogP contribution >= 0.6 is 0 Å². The number of esters is 1. The second-order valence-electron chi connectivity index (χ2n) is 6.53. The van der Waals surface area contributed by atoms with E-state index in [9.17, 15) is 14.4 Å². The molecule has 3 aromatic rings. The Balaban J connectivity index is 1.53. The predicted molar refractivity (Wildman–Crippen MR) is 107 cm³/mol. The molecular formula is C22H21N3O4. The second-order valence-corrected chi connectivity index (χ2v) is 6.53. The molecule has 29 heavy (non-hydrogen) atoms. The first-order valence-corrected chi connectivity index (χ1v) is 9.14. The van der Waals surface area contributed by atoms with E-state index < -0.39 is 24.5 Å². The molecule has 7 nitrogen and oxygen atoms in total. The van der Waals surface area contributed by atoms with E-state index in [1.807, 2.05) is 60.7 Å². The van der Waals surface area contributed by atoms with Gasteiger partial charge < -0.3 is 10.1 Å². The number of Topliss-reactive ketones (excluding diaryl/α,β-unsaturated/α-hetero) is 1. The molecule has 0 saturated carbocycles. The lowest BCUT2D eigenvalue weighted by atomic mass is 10.0. The van der Waals surface area contributed by atoms with Gasteiger partial charge in [0.1, 0.15) is 5.69 Å². The summed E-state index contributed by atoms with van der Waals surface area (Å²) < 4.78 is 5.04. The van der Waals surface area contributed by atoms with Gasteiger partial charge in [-0.15, -0.1) is 0 Å². The monoisotopic (exact) mass is 391 g/mol. The summed E-state index contributed by atoms with van der Waals surface area (Å²) >= 11 is 0. The summed E-state index contributed by atoms with van der Waals surface area (Å²) in [5.41, 5.74) is 2.52. The molecule has 0 bridgehead atoms. The fourth-order valence-electron chi connectivity index (χ4n) is 2.77. The fourth-order valence-corrected chi connectivity index (χ4v) is 2.77. The van der Waals surface area contributed by atoms with Gasteiger partial charge in [-0.2, -0.15) is 5.10 Å². The molecule has 3 rings (SSSR count). The van der Waals surface area contributed by atoms with Crippen molar-refractivity contribution in [3.63, 3.8) is 0 Å². The lowest BCUT2D eigenvalue weighted by Gasteiger charge is -2.16. The summed E-state index contributed by atoms with van der Waals surface area (Å²) in [6.45, 7) is 0.923. The molecule has 0 unspecified atom stereocenters. The van der Waals surface area contributed by atoms with E-state index in [0.717, 1.165) is 11.1 Å². The van der Waals surface area contributed by atoms with Crippen molar-refractivity contribution in [2.24, 2.45) is 0 Å². The first-order chi connectivity index (χ1) is 14.0. The minimum absolute atomic E-state index is 0.143. The average Bonchev–Trinajstić information content (AvgIpc) is 3.23. The number of benzene rings is 2. The van der Waals surface area contributed by atoms with Crippen LogP contribution in [0.2, 0.25) is 0 Å². The molecule has 1 atom stereocenters. The van der Waals surface area contributed by atoms with Crippen LogP contribution < -0.4 is 5.32 Å². The number of hydrogen-bond acceptors (Lipinski definition) is 5. The third-order valence-corrected chi connectivity index (χ3v) is 4.31. The molecule has 148 valence electrons. The summed E-state index contributed by atoms with van der Waals surface area (Å²) in [7, 11) is 0. The van der Waals surface area contributed by atoms with Gasteiger partial charge in [-0.3, -0.25) is 14.7 Å². The van der Waals surface area contributed by atoms with Gasteiger partial charge in [0.15, 0.2) is 12.4 Å². The number of aromatic nitrogens is 2. The number of rotatable bonds is 8. The van der Waals surface area contributed by atoms with E-state index in [4.69, 9.17) is 4.74 Å². The Kier molecular flexibility index (Phi) is 6.52. The molecule has 0 fully saturated rings. The van der Waals surface area contributed by atoms with Gasteiger partial charge in [0.05, 0.1) is 11.7 Å². The largest absolute Gasteiger partial charge is 0.451 e. The maximum Gasteiger partial charge on any atom is 0.356 e. The van der Waals surface area contributed by atoms with Crippen molar-refractivity contribution >= 4 is 17.7 Å². The second kappa shape index (κ2) is 9.45. The molecule has 2 aromatic carbocycles. The Hall–Kier alpha value is -3.74. The van der Waals surface area contributed by atoms with E-state index in [1.54, 1.807) is 6.07 Å². The topological polar surface area (TPSA) is 101 Å². The third-order valence-electron chi connectivity index (χ3n) is 4.31. The Labute approximate surface area is 168 Å². The molecule has 0 saturated heterocycles. The van der Waals surface area contributed by atoms with Gasteiger partial charge in [-0.05, 0) is 25.0 Å². The van der Waals surface area contributed by atoms with Crippen molar-refractivity contribution in [2.75, 3.05) is 6.61 Å². The number of ketones is 1. The number of carbonyl (C=O) groups is 3. The average molecular weight is 391 g/mol. The van der Waals surface area contributed by atoms with E-state index in [2.05, 4.69) is 15.5 Å². The number of nitrogens with zero attached hydrogens (tertiary/aromatic N) is 1. The van der Waals surface area contributed by atoms with E-state index >= 15 is 0 Å². The quantitative estimate of drug-likeness (QED) is 0.575. The van der Waals surface area contributed by atoms with Gasteiger partial charge >= 0.3 is 5.97 Å². The standard InChI is InChI=1S/C22H21N3O4/c1-15(26)18(12-16-8-4-2-5-9-16)23-21(27)14-29-22(28)20-13-19(24-25-20)17-10-6-3-7-11-17/h2-11,13,18H,12,14H2,1H3,(H,23,27)(H,24,25)/t18-/m1/s1. The highest BCUT2D eigenvalue weighted by Gasteiger charge is 2.19.